The maximum absolute atomic E-state index is 12.7. The van der Waals surface area contributed by atoms with Crippen LogP contribution in [0, 0.1) is 5.92 Å². The molecule has 2 aliphatic rings. The lowest BCUT2D eigenvalue weighted by atomic mass is 10.1. The maximum atomic E-state index is 12.7. The van der Waals surface area contributed by atoms with E-state index in [9.17, 15) is 9.59 Å². The molecule has 0 radical (unpaired) electrons. The number of aliphatic hydroxyl groups is 1. The fraction of sp³-hybridized carbons (Fsp3) is 0.867. The Labute approximate surface area is 120 Å². The molecule has 114 valence electrons. The minimum absolute atomic E-state index is 0.0555. The summed E-state index contributed by atoms with van der Waals surface area (Å²) >= 11 is 0. The van der Waals surface area contributed by atoms with Crippen molar-refractivity contribution >= 4 is 11.8 Å². The van der Waals surface area contributed by atoms with Crippen LogP contribution in [0.5, 0.6) is 0 Å². The number of amides is 2. The Kier molecular flexibility index (Phi) is 5.02. The van der Waals surface area contributed by atoms with E-state index in [1.54, 1.807) is 9.80 Å². The molecule has 1 saturated carbocycles. The van der Waals surface area contributed by atoms with Crippen LogP contribution in [-0.4, -0.2) is 58.5 Å². The highest BCUT2D eigenvalue weighted by molar-refractivity contribution is 5.90. The average molecular weight is 282 g/mol. The molecule has 2 amide bonds. The SMILES string of the molecule is CC(C)N(CCCO)C(=O)C1CCCN1C(=O)C1CC1. The van der Waals surface area contributed by atoms with Gasteiger partial charge in [0.25, 0.3) is 0 Å². The van der Waals surface area contributed by atoms with Gasteiger partial charge in [-0.3, -0.25) is 9.59 Å². The van der Waals surface area contributed by atoms with Gasteiger partial charge in [0.1, 0.15) is 6.04 Å². The molecule has 1 aliphatic heterocycles. The topological polar surface area (TPSA) is 60.9 Å². The summed E-state index contributed by atoms with van der Waals surface area (Å²) in [4.78, 5) is 28.6. The van der Waals surface area contributed by atoms with Crippen molar-refractivity contribution in [2.24, 2.45) is 5.92 Å². The first-order chi connectivity index (χ1) is 9.56. The summed E-state index contributed by atoms with van der Waals surface area (Å²) in [7, 11) is 0. The highest BCUT2D eigenvalue weighted by atomic mass is 16.3. The monoisotopic (exact) mass is 282 g/mol. The van der Waals surface area contributed by atoms with Crippen molar-refractivity contribution in [2.75, 3.05) is 19.7 Å². The Morgan fingerprint density at radius 2 is 2.00 bits per heavy atom. The quantitative estimate of drug-likeness (QED) is 0.791. The van der Waals surface area contributed by atoms with Gasteiger partial charge in [0.2, 0.25) is 11.8 Å². The van der Waals surface area contributed by atoms with E-state index in [-0.39, 0.29) is 36.4 Å². The van der Waals surface area contributed by atoms with Gasteiger partial charge in [0.15, 0.2) is 0 Å². The molecule has 0 aromatic rings. The summed E-state index contributed by atoms with van der Waals surface area (Å²) in [6.07, 6.45) is 4.25. The predicted octanol–water partition coefficient (Wildman–Crippen LogP) is 1.01. The maximum Gasteiger partial charge on any atom is 0.245 e. The van der Waals surface area contributed by atoms with Gasteiger partial charge in [-0.2, -0.15) is 0 Å². The summed E-state index contributed by atoms with van der Waals surface area (Å²) in [5, 5.41) is 8.96. The van der Waals surface area contributed by atoms with Gasteiger partial charge >= 0.3 is 0 Å². The summed E-state index contributed by atoms with van der Waals surface area (Å²) in [5.41, 5.74) is 0. The second kappa shape index (κ2) is 6.57. The van der Waals surface area contributed by atoms with Gasteiger partial charge in [-0.25, -0.2) is 0 Å². The lowest BCUT2D eigenvalue weighted by Gasteiger charge is -2.33. The Balaban J connectivity index is 2.02. The van der Waals surface area contributed by atoms with Crippen LogP contribution in [0.1, 0.15) is 46.0 Å². The van der Waals surface area contributed by atoms with Crippen LogP contribution in [-0.2, 0) is 9.59 Å². The van der Waals surface area contributed by atoms with Crippen molar-refractivity contribution < 1.29 is 14.7 Å². The Morgan fingerprint density at radius 1 is 1.30 bits per heavy atom. The van der Waals surface area contributed by atoms with Gasteiger partial charge in [-0.15, -0.1) is 0 Å². The van der Waals surface area contributed by atoms with Crippen LogP contribution in [0.25, 0.3) is 0 Å². The van der Waals surface area contributed by atoms with Gasteiger partial charge < -0.3 is 14.9 Å². The molecule has 1 saturated heterocycles. The molecule has 0 aromatic carbocycles. The third-order valence-electron chi connectivity index (χ3n) is 4.21. The highest BCUT2D eigenvalue weighted by Crippen LogP contribution is 2.34. The number of nitrogens with zero attached hydrogens (tertiary/aromatic N) is 2. The standard InChI is InChI=1S/C15H26N2O3/c1-11(2)16(9-4-10-18)15(20)13-5-3-8-17(13)14(19)12-6-7-12/h11-13,18H,3-10H2,1-2H3. The Hall–Kier alpha value is -1.10. The molecule has 1 aliphatic carbocycles. The lowest BCUT2D eigenvalue weighted by molar-refractivity contribution is -0.145. The van der Waals surface area contributed by atoms with Gasteiger partial charge in [-0.1, -0.05) is 0 Å². The van der Waals surface area contributed by atoms with Crippen LogP contribution < -0.4 is 0 Å². The molecular weight excluding hydrogens is 256 g/mol. The molecule has 1 heterocycles. The summed E-state index contributed by atoms with van der Waals surface area (Å²) < 4.78 is 0. The minimum atomic E-state index is -0.274. The lowest BCUT2D eigenvalue weighted by Crippen LogP contribution is -2.50. The molecule has 0 spiro atoms. The predicted molar refractivity (Wildman–Crippen MR) is 76.0 cm³/mol. The first kappa shape index (κ1) is 15.3. The highest BCUT2D eigenvalue weighted by Gasteiger charge is 2.42. The van der Waals surface area contributed by atoms with Gasteiger partial charge in [0.05, 0.1) is 0 Å². The molecule has 0 aromatic heterocycles. The first-order valence-electron chi connectivity index (χ1n) is 7.78. The summed E-state index contributed by atoms with van der Waals surface area (Å²) in [6, 6.07) is -0.170. The zero-order chi connectivity index (χ0) is 14.7. The fourth-order valence-electron chi connectivity index (χ4n) is 2.91. The van der Waals surface area contributed by atoms with E-state index >= 15 is 0 Å². The molecule has 2 rings (SSSR count). The third-order valence-corrected chi connectivity index (χ3v) is 4.21. The normalized spacial score (nSPS) is 22.4. The van der Waals surface area contributed by atoms with E-state index in [2.05, 4.69) is 0 Å². The number of carbonyl (C=O) groups excluding carboxylic acids is 2. The van der Waals surface area contributed by atoms with Gasteiger partial charge in [-0.05, 0) is 46.0 Å². The van der Waals surface area contributed by atoms with E-state index in [4.69, 9.17) is 5.11 Å². The van der Waals surface area contributed by atoms with Crippen molar-refractivity contribution in [3.8, 4) is 0 Å². The molecule has 0 bridgehead atoms. The summed E-state index contributed by atoms with van der Waals surface area (Å²) in [6.45, 7) is 5.34. The average Bonchev–Trinajstić information content (AvgIpc) is 3.14. The number of rotatable bonds is 6. The first-order valence-corrected chi connectivity index (χ1v) is 7.78. The molecular formula is C15H26N2O3. The number of hydrogen-bond donors (Lipinski definition) is 1. The second-order valence-corrected chi connectivity index (χ2v) is 6.17. The van der Waals surface area contributed by atoms with Crippen LogP contribution >= 0.6 is 0 Å². The van der Waals surface area contributed by atoms with E-state index in [1.807, 2.05) is 13.8 Å². The smallest absolute Gasteiger partial charge is 0.245 e. The van der Waals surface area contributed by atoms with Crippen LogP contribution in [0.2, 0.25) is 0 Å². The molecule has 1 atom stereocenters. The van der Waals surface area contributed by atoms with Crippen LogP contribution in [0.4, 0.5) is 0 Å². The van der Waals surface area contributed by atoms with E-state index in [0.29, 0.717) is 13.0 Å². The van der Waals surface area contributed by atoms with Crippen molar-refractivity contribution in [1.29, 1.82) is 0 Å². The molecule has 1 unspecified atom stereocenters. The van der Waals surface area contributed by atoms with Crippen molar-refractivity contribution in [3.05, 3.63) is 0 Å². The van der Waals surface area contributed by atoms with Gasteiger partial charge in [0, 0.05) is 31.7 Å². The van der Waals surface area contributed by atoms with Crippen molar-refractivity contribution in [2.45, 2.75) is 58.0 Å². The zero-order valence-corrected chi connectivity index (χ0v) is 12.5. The molecule has 5 nitrogen and oxygen atoms in total. The molecule has 2 fully saturated rings. The van der Waals surface area contributed by atoms with E-state index in [0.717, 1.165) is 32.2 Å². The zero-order valence-electron chi connectivity index (χ0n) is 12.5. The third kappa shape index (κ3) is 3.32. The van der Waals surface area contributed by atoms with E-state index in [1.165, 1.54) is 0 Å². The number of carbonyl (C=O) groups is 2. The van der Waals surface area contributed by atoms with Crippen LogP contribution in [0.15, 0.2) is 0 Å². The van der Waals surface area contributed by atoms with Crippen molar-refractivity contribution in [3.63, 3.8) is 0 Å². The minimum Gasteiger partial charge on any atom is -0.396 e. The molecule has 20 heavy (non-hydrogen) atoms. The van der Waals surface area contributed by atoms with Crippen LogP contribution in [0.3, 0.4) is 0 Å². The van der Waals surface area contributed by atoms with E-state index < -0.39 is 0 Å². The fourth-order valence-corrected chi connectivity index (χ4v) is 2.91. The number of likely N-dealkylation sites (tertiary alicyclic amines) is 1. The Bertz CT molecular complexity index is 366. The Morgan fingerprint density at radius 3 is 2.55 bits per heavy atom. The molecule has 1 N–H and O–H groups in total. The molecule has 5 heteroatoms. The number of hydrogen-bond acceptors (Lipinski definition) is 3. The second-order valence-electron chi connectivity index (χ2n) is 6.17. The largest absolute Gasteiger partial charge is 0.396 e. The van der Waals surface area contributed by atoms with Crippen molar-refractivity contribution in [1.82, 2.24) is 9.80 Å². The summed E-state index contributed by atoms with van der Waals surface area (Å²) in [5.74, 6) is 0.403. The number of aliphatic hydroxyl groups excluding tert-OH is 1.